The van der Waals surface area contributed by atoms with Gasteiger partial charge in [-0.3, -0.25) is 9.11 Å². The van der Waals surface area contributed by atoms with Gasteiger partial charge in [-0.15, -0.1) is 3.89 Å². The van der Waals surface area contributed by atoms with Crippen LogP contribution >= 0.6 is 0 Å². The van der Waals surface area contributed by atoms with Crippen LogP contribution < -0.4 is 5.73 Å². The van der Waals surface area contributed by atoms with E-state index in [4.69, 9.17) is 23.3 Å². The van der Waals surface area contributed by atoms with Gasteiger partial charge >= 0.3 is 20.6 Å². The van der Waals surface area contributed by atoms with Crippen LogP contribution in [0.3, 0.4) is 0 Å². The second-order valence-electron chi connectivity index (χ2n) is 2.46. The zero-order valence-corrected chi connectivity index (χ0v) is 9.24. The predicted molar refractivity (Wildman–Crippen MR) is 53.3 cm³/mol. The predicted octanol–water partition coefficient (Wildman–Crippen LogP) is 0.274. The van der Waals surface area contributed by atoms with Crippen molar-refractivity contribution in [2.45, 2.75) is 4.90 Å². The quantitative estimate of drug-likeness (QED) is 0.379. The molecule has 0 aliphatic carbocycles. The average molecular weight is 273 g/mol. The van der Waals surface area contributed by atoms with Gasteiger partial charge in [-0.1, -0.05) is 6.07 Å². The molecule has 10 heteroatoms. The van der Waals surface area contributed by atoms with Crippen LogP contribution in [0, 0.1) is 0 Å². The van der Waals surface area contributed by atoms with Crippen molar-refractivity contribution < 1.29 is 29.8 Å². The minimum atomic E-state index is -4.67. The zero-order chi connectivity index (χ0) is 13.0. The Bertz CT molecular complexity index is 544. The average Bonchev–Trinajstić information content (AvgIpc) is 1.99. The van der Waals surface area contributed by atoms with E-state index < -0.39 is 25.5 Å². The Kier molecular flexibility index (Phi) is 4.81. The highest BCUT2D eigenvalue weighted by molar-refractivity contribution is 7.86. The van der Waals surface area contributed by atoms with E-state index in [-0.39, 0.29) is 5.69 Å². The van der Waals surface area contributed by atoms with Gasteiger partial charge in [0.1, 0.15) is 4.90 Å². The maximum absolute atomic E-state index is 12.2. The summed E-state index contributed by atoms with van der Waals surface area (Å²) >= 11 is 0. The molecule has 0 atom stereocenters. The third-order valence-electron chi connectivity index (χ3n) is 1.14. The summed E-state index contributed by atoms with van der Waals surface area (Å²) < 4.78 is 64.3. The largest absolute Gasteiger partial charge is 0.399 e. The fourth-order valence-electron chi connectivity index (χ4n) is 0.666. The number of nitrogen functional groups attached to an aromatic ring is 1. The van der Waals surface area contributed by atoms with Crippen LogP contribution in [0.2, 0.25) is 0 Å². The fraction of sp³-hybridized carbons (Fsp3) is 0. The molecule has 0 amide bonds. The first-order chi connectivity index (χ1) is 7.00. The lowest BCUT2D eigenvalue weighted by molar-refractivity contribution is 0.381. The molecule has 0 saturated heterocycles. The number of rotatable bonds is 1. The molecule has 0 aliphatic heterocycles. The van der Waals surface area contributed by atoms with Crippen LogP contribution in [0.15, 0.2) is 29.2 Å². The molecule has 0 spiro atoms. The molecule has 92 valence electrons. The first-order valence-electron chi connectivity index (χ1n) is 3.50. The van der Waals surface area contributed by atoms with Crippen LogP contribution in [0.4, 0.5) is 9.57 Å². The maximum Gasteiger partial charge on any atom is 0.394 e. The van der Waals surface area contributed by atoms with Gasteiger partial charge in [-0.05, 0) is 18.2 Å². The van der Waals surface area contributed by atoms with Crippen LogP contribution in [0.25, 0.3) is 0 Å². The van der Waals surface area contributed by atoms with E-state index in [0.717, 1.165) is 12.1 Å². The third kappa shape index (κ3) is 8.11. The van der Waals surface area contributed by atoms with Gasteiger partial charge in [0.15, 0.2) is 0 Å². The molecular weight excluding hydrogens is 265 g/mol. The molecule has 0 aromatic heterocycles. The normalized spacial score (nSPS) is 11.4. The van der Waals surface area contributed by atoms with Gasteiger partial charge < -0.3 is 5.73 Å². The molecule has 0 heterocycles. The number of anilines is 1. The molecule has 0 fully saturated rings. The van der Waals surface area contributed by atoms with Crippen molar-refractivity contribution in [3.05, 3.63) is 24.3 Å². The van der Waals surface area contributed by atoms with Gasteiger partial charge in [0, 0.05) is 5.69 Å². The Morgan fingerprint density at radius 3 is 1.81 bits per heavy atom. The van der Waals surface area contributed by atoms with Gasteiger partial charge in [0.05, 0.1) is 0 Å². The van der Waals surface area contributed by atoms with Crippen molar-refractivity contribution >= 4 is 26.3 Å². The summed E-state index contributed by atoms with van der Waals surface area (Å²) in [6.07, 6.45) is 0. The standard InChI is InChI=1S/C6H6FNO2S.H2O4S/c7-11(9,10)6-3-1-2-5(8)4-6;1-5(2,3)4/h1-4H,8H2;(H2,1,2,3,4). The fourth-order valence-corrected chi connectivity index (χ4v) is 1.18. The zero-order valence-electron chi connectivity index (χ0n) is 7.61. The summed E-state index contributed by atoms with van der Waals surface area (Å²) in [4.78, 5) is -0.405. The van der Waals surface area contributed by atoms with Crippen LogP contribution in [0.5, 0.6) is 0 Å². The van der Waals surface area contributed by atoms with E-state index in [0.29, 0.717) is 0 Å². The van der Waals surface area contributed by atoms with Crippen molar-refractivity contribution in [1.29, 1.82) is 0 Å². The summed E-state index contributed by atoms with van der Waals surface area (Å²) in [5.41, 5.74) is 5.45. The highest BCUT2D eigenvalue weighted by atomic mass is 32.3. The second-order valence-corrected chi connectivity index (χ2v) is 4.70. The van der Waals surface area contributed by atoms with E-state index >= 15 is 0 Å². The molecule has 0 aliphatic rings. The molecule has 0 radical (unpaired) electrons. The molecule has 0 unspecified atom stereocenters. The SMILES string of the molecule is Nc1cccc(S(=O)(=O)F)c1.O=S(=O)(O)O. The minimum absolute atomic E-state index is 0.226. The van der Waals surface area contributed by atoms with Crippen molar-refractivity contribution in [1.82, 2.24) is 0 Å². The number of hydrogen-bond acceptors (Lipinski definition) is 5. The van der Waals surface area contributed by atoms with E-state index in [2.05, 4.69) is 0 Å². The number of nitrogens with two attached hydrogens (primary N) is 1. The van der Waals surface area contributed by atoms with Gasteiger partial charge in [-0.25, -0.2) is 0 Å². The highest BCUT2D eigenvalue weighted by Gasteiger charge is 2.10. The topological polar surface area (TPSA) is 135 Å². The maximum atomic E-state index is 12.2. The molecule has 7 nitrogen and oxygen atoms in total. The molecule has 16 heavy (non-hydrogen) atoms. The second kappa shape index (κ2) is 5.21. The first-order valence-corrected chi connectivity index (χ1v) is 6.28. The molecule has 1 rings (SSSR count). The Hall–Kier alpha value is -1.23. The Morgan fingerprint density at radius 2 is 1.56 bits per heavy atom. The highest BCUT2D eigenvalue weighted by Crippen LogP contribution is 2.14. The summed E-state index contributed by atoms with van der Waals surface area (Å²) in [5, 5.41) is 0. The summed E-state index contributed by atoms with van der Waals surface area (Å²) in [5.74, 6) is 0. The van der Waals surface area contributed by atoms with E-state index in [1.807, 2.05) is 0 Å². The van der Waals surface area contributed by atoms with Gasteiger partial charge in [-0.2, -0.15) is 16.8 Å². The molecule has 0 bridgehead atoms. The van der Waals surface area contributed by atoms with Crippen molar-refractivity contribution in [3.8, 4) is 0 Å². The molecule has 0 saturated carbocycles. The summed E-state index contributed by atoms with van der Waals surface area (Å²) in [6.45, 7) is 0. The Morgan fingerprint density at radius 1 is 1.12 bits per heavy atom. The van der Waals surface area contributed by atoms with E-state index in [1.54, 1.807) is 0 Å². The lowest BCUT2D eigenvalue weighted by Crippen LogP contribution is -1.93. The van der Waals surface area contributed by atoms with E-state index in [1.165, 1.54) is 12.1 Å². The van der Waals surface area contributed by atoms with Gasteiger partial charge in [0.2, 0.25) is 0 Å². The minimum Gasteiger partial charge on any atom is -0.399 e. The molecule has 4 N–H and O–H groups in total. The molecular formula is C6H8FNO6S2. The van der Waals surface area contributed by atoms with Crippen LogP contribution in [-0.4, -0.2) is 25.9 Å². The molecule has 1 aromatic carbocycles. The van der Waals surface area contributed by atoms with Crippen LogP contribution in [-0.2, 0) is 20.6 Å². The molecule has 1 aromatic rings. The Balaban J connectivity index is 0.000000385. The van der Waals surface area contributed by atoms with E-state index in [9.17, 15) is 12.3 Å². The Labute approximate surface area is 91.5 Å². The monoisotopic (exact) mass is 273 g/mol. The number of hydrogen-bond donors (Lipinski definition) is 3. The van der Waals surface area contributed by atoms with Gasteiger partial charge in [0.25, 0.3) is 0 Å². The number of benzene rings is 1. The third-order valence-corrected chi connectivity index (χ3v) is 1.96. The summed E-state index contributed by atoms with van der Waals surface area (Å²) in [7, 11) is -9.27. The summed E-state index contributed by atoms with van der Waals surface area (Å²) in [6, 6.07) is 5.07. The van der Waals surface area contributed by atoms with Crippen molar-refractivity contribution in [3.63, 3.8) is 0 Å². The number of halogens is 1. The lowest BCUT2D eigenvalue weighted by Gasteiger charge is -1.94. The van der Waals surface area contributed by atoms with Crippen molar-refractivity contribution in [2.75, 3.05) is 5.73 Å². The smallest absolute Gasteiger partial charge is 0.394 e. The van der Waals surface area contributed by atoms with Crippen molar-refractivity contribution in [2.24, 2.45) is 0 Å². The van der Waals surface area contributed by atoms with Crippen LogP contribution in [0.1, 0.15) is 0 Å². The first kappa shape index (κ1) is 14.8. The lowest BCUT2D eigenvalue weighted by atomic mass is 10.3.